The second-order valence-electron chi connectivity index (χ2n) is 7.89. The summed E-state index contributed by atoms with van der Waals surface area (Å²) in [6.07, 6.45) is 0. The van der Waals surface area contributed by atoms with Crippen molar-refractivity contribution >= 4 is 15.8 Å². The maximum absolute atomic E-state index is 11.5. The number of hydrogen-bond acceptors (Lipinski definition) is 5. The van der Waals surface area contributed by atoms with E-state index in [-0.39, 0.29) is 17.5 Å². The Kier molecular flexibility index (Phi) is 9.23. The van der Waals surface area contributed by atoms with Crippen molar-refractivity contribution in [3.63, 3.8) is 0 Å². The van der Waals surface area contributed by atoms with Gasteiger partial charge >= 0.3 is 0 Å². The van der Waals surface area contributed by atoms with Gasteiger partial charge in [0.1, 0.15) is 5.75 Å². The number of ether oxygens (including phenoxy) is 1. The van der Waals surface area contributed by atoms with Crippen LogP contribution in [0.4, 0.5) is 0 Å². The van der Waals surface area contributed by atoms with Crippen LogP contribution >= 0.6 is 0 Å². The average molecular weight is 425 g/mol. The lowest BCUT2D eigenvalue weighted by Crippen LogP contribution is -2.42. The topological polar surface area (TPSA) is 83.0 Å². The van der Waals surface area contributed by atoms with Crippen molar-refractivity contribution in [1.82, 2.24) is 15.5 Å². The molecule has 1 fully saturated rings. The van der Waals surface area contributed by atoms with Crippen molar-refractivity contribution in [2.45, 2.75) is 33.7 Å². The normalized spacial score (nSPS) is 18.4. The van der Waals surface area contributed by atoms with Gasteiger partial charge in [0, 0.05) is 26.2 Å². The SMILES string of the molecule is CCNC(=NCCN1CCS(=O)(=O)CC1)NC(C)c1ccc(OCC(C)C)cc1. The number of hydrogen-bond donors (Lipinski definition) is 2. The van der Waals surface area contributed by atoms with Crippen molar-refractivity contribution in [3.8, 4) is 5.75 Å². The molecule has 1 saturated heterocycles. The van der Waals surface area contributed by atoms with E-state index in [4.69, 9.17) is 4.74 Å². The highest BCUT2D eigenvalue weighted by atomic mass is 32.2. The van der Waals surface area contributed by atoms with Crippen molar-refractivity contribution < 1.29 is 13.2 Å². The van der Waals surface area contributed by atoms with E-state index in [0.29, 0.717) is 32.2 Å². The minimum atomic E-state index is -2.83. The van der Waals surface area contributed by atoms with Gasteiger partial charge in [-0.05, 0) is 37.5 Å². The molecule has 1 atom stereocenters. The van der Waals surface area contributed by atoms with Crippen LogP contribution in [0.1, 0.15) is 39.3 Å². The van der Waals surface area contributed by atoms with E-state index in [0.717, 1.165) is 30.4 Å². The standard InChI is InChI=1S/C21H36N4O3S/c1-5-22-21(23-10-11-25-12-14-29(26,27)15-13-25)24-18(4)19-6-8-20(9-7-19)28-16-17(2)3/h6-9,17-18H,5,10-16H2,1-4H3,(H2,22,23,24). The Hall–Kier alpha value is -1.80. The van der Waals surface area contributed by atoms with Crippen molar-refractivity contribution in [1.29, 1.82) is 0 Å². The third kappa shape index (κ3) is 8.62. The molecule has 1 aromatic rings. The minimum absolute atomic E-state index is 0.104. The fourth-order valence-corrected chi connectivity index (χ4v) is 4.28. The molecule has 1 aliphatic heterocycles. The molecule has 2 N–H and O–H groups in total. The summed E-state index contributed by atoms with van der Waals surface area (Å²) in [6, 6.07) is 8.26. The van der Waals surface area contributed by atoms with Gasteiger partial charge in [0.05, 0.1) is 30.7 Å². The van der Waals surface area contributed by atoms with E-state index in [9.17, 15) is 8.42 Å². The zero-order chi connectivity index (χ0) is 21.3. The molecule has 8 heteroatoms. The Morgan fingerprint density at radius 1 is 1.17 bits per heavy atom. The summed E-state index contributed by atoms with van der Waals surface area (Å²) in [4.78, 5) is 6.81. The van der Waals surface area contributed by atoms with E-state index >= 15 is 0 Å². The number of nitrogens with one attached hydrogen (secondary N) is 2. The molecule has 0 aromatic heterocycles. The number of sulfone groups is 1. The van der Waals surface area contributed by atoms with Gasteiger partial charge in [0.2, 0.25) is 0 Å². The molecule has 1 aromatic carbocycles. The molecule has 7 nitrogen and oxygen atoms in total. The highest BCUT2D eigenvalue weighted by molar-refractivity contribution is 7.91. The molecule has 0 amide bonds. The number of benzene rings is 1. The minimum Gasteiger partial charge on any atom is -0.493 e. The summed E-state index contributed by atoms with van der Waals surface area (Å²) >= 11 is 0. The van der Waals surface area contributed by atoms with Crippen LogP contribution in [-0.2, 0) is 9.84 Å². The molecule has 1 unspecified atom stereocenters. The summed E-state index contributed by atoms with van der Waals surface area (Å²) in [5, 5.41) is 6.72. The predicted molar refractivity (Wildman–Crippen MR) is 119 cm³/mol. The van der Waals surface area contributed by atoms with E-state index in [1.54, 1.807) is 0 Å². The highest BCUT2D eigenvalue weighted by Gasteiger charge is 2.20. The predicted octanol–water partition coefficient (Wildman–Crippen LogP) is 2.07. The Morgan fingerprint density at radius 2 is 1.83 bits per heavy atom. The molecule has 29 heavy (non-hydrogen) atoms. The summed E-state index contributed by atoms with van der Waals surface area (Å²) in [7, 11) is -2.83. The first-order valence-corrected chi connectivity index (χ1v) is 12.3. The Labute approximate surface area is 175 Å². The van der Waals surface area contributed by atoms with E-state index in [2.05, 4.69) is 53.4 Å². The summed E-state index contributed by atoms with van der Waals surface area (Å²) in [5.74, 6) is 2.67. The molecule has 0 spiro atoms. The van der Waals surface area contributed by atoms with Gasteiger partial charge in [-0.1, -0.05) is 26.0 Å². The van der Waals surface area contributed by atoms with Gasteiger partial charge in [-0.15, -0.1) is 0 Å². The summed E-state index contributed by atoms with van der Waals surface area (Å²) in [6.45, 7) is 12.5. The summed E-state index contributed by atoms with van der Waals surface area (Å²) in [5.41, 5.74) is 1.16. The van der Waals surface area contributed by atoms with Crippen LogP contribution in [0.15, 0.2) is 29.3 Å². The third-order valence-corrected chi connectivity index (χ3v) is 6.39. The lowest BCUT2D eigenvalue weighted by atomic mass is 10.1. The van der Waals surface area contributed by atoms with Crippen molar-refractivity contribution in [3.05, 3.63) is 29.8 Å². The van der Waals surface area contributed by atoms with E-state index in [1.807, 2.05) is 19.1 Å². The molecule has 1 heterocycles. The molecule has 164 valence electrons. The molecule has 1 aliphatic rings. The molecule has 0 radical (unpaired) electrons. The first-order valence-electron chi connectivity index (χ1n) is 10.5. The first-order chi connectivity index (χ1) is 13.8. The number of nitrogens with zero attached hydrogens (tertiary/aromatic N) is 2. The smallest absolute Gasteiger partial charge is 0.191 e. The van der Waals surface area contributed by atoms with Crippen LogP contribution in [0.2, 0.25) is 0 Å². The maximum Gasteiger partial charge on any atom is 0.191 e. The second-order valence-corrected chi connectivity index (χ2v) is 10.2. The van der Waals surface area contributed by atoms with Crippen molar-refractivity contribution in [2.24, 2.45) is 10.9 Å². The molecule has 2 rings (SSSR count). The van der Waals surface area contributed by atoms with Crippen LogP contribution < -0.4 is 15.4 Å². The fraction of sp³-hybridized carbons (Fsp3) is 0.667. The van der Waals surface area contributed by atoms with Crippen LogP contribution in [0.5, 0.6) is 5.75 Å². The highest BCUT2D eigenvalue weighted by Crippen LogP contribution is 2.18. The van der Waals surface area contributed by atoms with Crippen LogP contribution in [0.3, 0.4) is 0 Å². The number of aliphatic imine (C=N–C) groups is 1. The lowest BCUT2D eigenvalue weighted by Gasteiger charge is -2.26. The van der Waals surface area contributed by atoms with Crippen LogP contribution in [-0.4, -0.2) is 70.1 Å². The molecule has 0 bridgehead atoms. The summed E-state index contributed by atoms with van der Waals surface area (Å²) < 4.78 is 28.8. The first kappa shape index (κ1) is 23.5. The fourth-order valence-electron chi connectivity index (χ4n) is 3.00. The number of guanidine groups is 1. The zero-order valence-corrected chi connectivity index (χ0v) is 19.0. The van der Waals surface area contributed by atoms with Gasteiger partial charge in [0.25, 0.3) is 0 Å². The van der Waals surface area contributed by atoms with Crippen molar-refractivity contribution in [2.75, 3.05) is 50.8 Å². The third-order valence-electron chi connectivity index (χ3n) is 4.78. The number of rotatable bonds is 9. The Balaban J connectivity index is 1.85. The lowest BCUT2D eigenvalue weighted by molar-refractivity contribution is 0.271. The van der Waals surface area contributed by atoms with Crippen LogP contribution in [0, 0.1) is 5.92 Å². The largest absolute Gasteiger partial charge is 0.493 e. The average Bonchev–Trinajstić information content (AvgIpc) is 2.68. The molecular formula is C21H36N4O3S. The Morgan fingerprint density at radius 3 is 2.41 bits per heavy atom. The Bertz CT molecular complexity index is 734. The molecular weight excluding hydrogens is 388 g/mol. The molecule has 0 aliphatic carbocycles. The quantitative estimate of drug-likeness (QED) is 0.466. The van der Waals surface area contributed by atoms with Gasteiger partial charge in [-0.25, -0.2) is 8.42 Å². The molecule has 0 saturated carbocycles. The maximum atomic E-state index is 11.5. The van der Waals surface area contributed by atoms with Gasteiger partial charge in [-0.2, -0.15) is 0 Å². The van der Waals surface area contributed by atoms with E-state index in [1.165, 1.54) is 0 Å². The van der Waals surface area contributed by atoms with Gasteiger partial charge < -0.3 is 15.4 Å². The van der Waals surface area contributed by atoms with Crippen LogP contribution in [0.25, 0.3) is 0 Å². The van der Waals surface area contributed by atoms with E-state index < -0.39 is 9.84 Å². The van der Waals surface area contributed by atoms with Gasteiger partial charge in [-0.3, -0.25) is 9.89 Å². The zero-order valence-electron chi connectivity index (χ0n) is 18.1. The monoisotopic (exact) mass is 424 g/mol. The van der Waals surface area contributed by atoms with Gasteiger partial charge in [0.15, 0.2) is 15.8 Å². The second kappa shape index (κ2) is 11.4.